The van der Waals surface area contributed by atoms with Crippen LogP contribution in [0.3, 0.4) is 0 Å². The maximum absolute atomic E-state index is 12.6. The number of ether oxygens (including phenoxy) is 1. The molecule has 0 saturated carbocycles. The van der Waals surface area contributed by atoms with Gasteiger partial charge in [0.25, 0.3) is 5.56 Å². The minimum Gasteiger partial charge on any atom is -0.484 e. The van der Waals surface area contributed by atoms with E-state index in [1.165, 1.54) is 28.8 Å². The SMILES string of the molecule is Cc1cc2[nH]c(=S)n(-c3ccc(OCC(F)(F)F)cc3)c(=O)c2[nH]1. The van der Waals surface area contributed by atoms with E-state index in [-0.39, 0.29) is 16.1 Å². The average Bonchev–Trinajstić information content (AvgIpc) is 2.86. The number of aromatic amines is 2. The molecule has 0 amide bonds. The molecule has 0 spiro atoms. The summed E-state index contributed by atoms with van der Waals surface area (Å²) in [4.78, 5) is 18.5. The van der Waals surface area contributed by atoms with Crippen molar-refractivity contribution in [2.45, 2.75) is 13.1 Å². The minimum absolute atomic E-state index is 0.0517. The first-order chi connectivity index (χ1) is 11.2. The first kappa shape index (κ1) is 16.3. The molecule has 2 heterocycles. The van der Waals surface area contributed by atoms with Gasteiger partial charge in [0.05, 0.1) is 11.2 Å². The van der Waals surface area contributed by atoms with Crippen LogP contribution in [-0.2, 0) is 0 Å². The van der Waals surface area contributed by atoms with Gasteiger partial charge in [-0.05, 0) is 49.5 Å². The summed E-state index contributed by atoms with van der Waals surface area (Å²) in [5.74, 6) is 0.0517. The van der Waals surface area contributed by atoms with Crippen molar-refractivity contribution in [3.63, 3.8) is 0 Å². The Morgan fingerprint density at radius 2 is 1.88 bits per heavy atom. The Labute approximate surface area is 138 Å². The number of hydrogen-bond donors (Lipinski definition) is 2. The number of H-pyrrole nitrogens is 2. The molecular formula is C15H12F3N3O2S. The fraction of sp³-hybridized carbons (Fsp3) is 0.200. The summed E-state index contributed by atoms with van der Waals surface area (Å²) in [5.41, 5.74) is 1.87. The number of aryl methyl sites for hydroxylation is 1. The largest absolute Gasteiger partial charge is 0.484 e. The lowest BCUT2D eigenvalue weighted by molar-refractivity contribution is -0.153. The van der Waals surface area contributed by atoms with E-state index >= 15 is 0 Å². The summed E-state index contributed by atoms with van der Waals surface area (Å²) >= 11 is 5.20. The number of nitrogens with zero attached hydrogens (tertiary/aromatic N) is 1. The molecule has 0 saturated heterocycles. The van der Waals surface area contributed by atoms with Crippen LogP contribution in [0.25, 0.3) is 16.7 Å². The highest BCUT2D eigenvalue weighted by Gasteiger charge is 2.28. The Hall–Kier alpha value is -2.55. The first-order valence-electron chi connectivity index (χ1n) is 6.89. The molecule has 0 radical (unpaired) electrons. The molecule has 2 N–H and O–H groups in total. The normalized spacial score (nSPS) is 11.8. The standard InChI is InChI=1S/C15H12F3N3O2S/c1-8-6-11-12(19-8)13(22)21(14(24)20-11)9-2-4-10(5-3-9)23-7-15(16,17)18/h2-6,19H,7H2,1H3,(H,20,24). The van der Waals surface area contributed by atoms with Crippen LogP contribution in [-0.4, -0.2) is 27.3 Å². The van der Waals surface area contributed by atoms with Gasteiger partial charge in [-0.2, -0.15) is 13.2 Å². The maximum Gasteiger partial charge on any atom is 0.422 e. The van der Waals surface area contributed by atoms with Gasteiger partial charge in [-0.1, -0.05) is 0 Å². The number of nitrogens with one attached hydrogen (secondary N) is 2. The number of benzene rings is 1. The Balaban J connectivity index is 1.99. The molecule has 0 atom stereocenters. The molecule has 24 heavy (non-hydrogen) atoms. The van der Waals surface area contributed by atoms with E-state index in [0.717, 1.165) is 5.69 Å². The van der Waals surface area contributed by atoms with Crippen LogP contribution < -0.4 is 10.3 Å². The highest BCUT2D eigenvalue weighted by atomic mass is 32.1. The van der Waals surface area contributed by atoms with Crippen LogP contribution in [0.1, 0.15) is 5.69 Å². The van der Waals surface area contributed by atoms with Gasteiger partial charge >= 0.3 is 6.18 Å². The molecule has 2 aromatic heterocycles. The third-order valence-corrected chi connectivity index (χ3v) is 3.60. The van der Waals surface area contributed by atoms with E-state index in [2.05, 4.69) is 14.7 Å². The number of rotatable bonds is 3. The molecule has 0 aliphatic rings. The lowest BCUT2D eigenvalue weighted by Crippen LogP contribution is -2.21. The van der Waals surface area contributed by atoms with Crippen molar-refractivity contribution in [1.29, 1.82) is 0 Å². The van der Waals surface area contributed by atoms with Crippen molar-refractivity contribution < 1.29 is 17.9 Å². The van der Waals surface area contributed by atoms with Crippen LogP contribution in [0.5, 0.6) is 5.75 Å². The lowest BCUT2D eigenvalue weighted by Gasteiger charge is -2.10. The van der Waals surface area contributed by atoms with Gasteiger partial charge in [0.2, 0.25) is 0 Å². The molecule has 0 unspecified atom stereocenters. The topological polar surface area (TPSA) is 62.8 Å². The number of alkyl halides is 3. The molecule has 126 valence electrons. The van der Waals surface area contributed by atoms with Gasteiger partial charge in [0.15, 0.2) is 11.4 Å². The highest BCUT2D eigenvalue weighted by Crippen LogP contribution is 2.20. The van der Waals surface area contributed by atoms with E-state index in [1.54, 1.807) is 6.07 Å². The Kier molecular flexibility index (Phi) is 3.96. The predicted octanol–water partition coefficient (Wildman–Crippen LogP) is 3.63. The Bertz CT molecular complexity index is 1000. The van der Waals surface area contributed by atoms with Crippen LogP contribution in [0, 0.1) is 11.7 Å². The third-order valence-electron chi connectivity index (χ3n) is 3.31. The smallest absolute Gasteiger partial charge is 0.422 e. The van der Waals surface area contributed by atoms with Crippen molar-refractivity contribution in [3.8, 4) is 11.4 Å². The maximum atomic E-state index is 12.6. The van der Waals surface area contributed by atoms with Crippen molar-refractivity contribution in [2.75, 3.05) is 6.61 Å². The summed E-state index contributed by atoms with van der Waals surface area (Å²) in [5, 5.41) is 0. The van der Waals surface area contributed by atoms with Gasteiger partial charge in [0, 0.05) is 5.69 Å². The molecule has 1 aromatic carbocycles. The molecule has 3 aromatic rings. The van der Waals surface area contributed by atoms with E-state index < -0.39 is 12.8 Å². The van der Waals surface area contributed by atoms with Gasteiger partial charge in [0.1, 0.15) is 11.3 Å². The molecular weight excluding hydrogens is 343 g/mol. The second-order valence-electron chi connectivity index (χ2n) is 5.21. The van der Waals surface area contributed by atoms with Gasteiger partial charge in [-0.3, -0.25) is 9.36 Å². The minimum atomic E-state index is -4.41. The molecule has 3 rings (SSSR count). The monoisotopic (exact) mass is 355 g/mol. The number of hydrogen-bond acceptors (Lipinski definition) is 3. The van der Waals surface area contributed by atoms with E-state index in [9.17, 15) is 18.0 Å². The fourth-order valence-electron chi connectivity index (χ4n) is 2.32. The predicted molar refractivity (Wildman–Crippen MR) is 85.4 cm³/mol. The van der Waals surface area contributed by atoms with Gasteiger partial charge in [-0.15, -0.1) is 0 Å². The van der Waals surface area contributed by atoms with Crippen LogP contribution in [0.4, 0.5) is 13.2 Å². The van der Waals surface area contributed by atoms with Crippen LogP contribution >= 0.6 is 12.2 Å². The number of fused-ring (bicyclic) bond motifs is 1. The molecule has 0 aliphatic carbocycles. The zero-order chi connectivity index (χ0) is 17.5. The summed E-state index contributed by atoms with van der Waals surface area (Å²) in [6, 6.07) is 7.42. The van der Waals surface area contributed by atoms with E-state index in [1.807, 2.05) is 6.92 Å². The molecule has 0 fully saturated rings. The average molecular weight is 355 g/mol. The summed E-state index contributed by atoms with van der Waals surface area (Å²) in [7, 11) is 0. The molecule has 9 heteroatoms. The highest BCUT2D eigenvalue weighted by molar-refractivity contribution is 7.71. The van der Waals surface area contributed by atoms with Gasteiger partial charge in [-0.25, -0.2) is 0 Å². The quantitative estimate of drug-likeness (QED) is 0.706. The number of halogens is 3. The van der Waals surface area contributed by atoms with Crippen molar-refractivity contribution in [3.05, 3.63) is 51.2 Å². The fourth-order valence-corrected chi connectivity index (χ4v) is 2.62. The third kappa shape index (κ3) is 3.21. The zero-order valence-corrected chi connectivity index (χ0v) is 13.2. The van der Waals surface area contributed by atoms with Gasteiger partial charge < -0.3 is 14.7 Å². The van der Waals surface area contributed by atoms with E-state index in [0.29, 0.717) is 16.7 Å². The molecule has 0 aliphatic heterocycles. The Morgan fingerprint density at radius 1 is 1.21 bits per heavy atom. The second kappa shape index (κ2) is 5.82. The number of aromatic nitrogens is 3. The summed E-state index contributed by atoms with van der Waals surface area (Å²) in [6.45, 7) is 0.438. The van der Waals surface area contributed by atoms with Crippen molar-refractivity contribution >= 4 is 23.3 Å². The molecule has 5 nitrogen and oxygen atoms in total. The molecule has 0 bridgehead atoms. The van der Waals surface area contributed by atoms with E-state index in [4.69, 9.17) is 12.2 Å². The summed E-state index contributed by atoms with van der Waals surface area (Å²) < 4.78 is 42.5. The second-order valence-corrected chi connectivity index (χ2v) is 5.60. The van der Waals surface area contributed by atoms with Crippen molar-refractivity contribution in [2.24, 2.45) is 0 Å². The lowest BCUT2D eigenvalue weighted by atomic mass is 10.3. The van der Waals surface area contributed by atoms with Crippen LogP contribution in [0.2, 0.25) is 0 Å². The Morgan fingerprint density at radius 3 is 2.50 bits per heavy atom. The summed E-state index contributed by atoms with van der Waals surface area (Å²) in [6.07, 6.45) is -4.41. The first-order valence-corrected chi connectivity index (χ1v) is 7.30. The van der Waals surface area contributed by atoms with Crippen molar-refractivity contribution in [1.82, 2.24) is 14.5 Å². The van der Waals surface area contributed by atoms with Crippen LogP contribution in [0.15, 0.2) is 35.1 Å². The zero-order valence-electron chi connectivity index (χ0n) is 12.4.